The molecule has 2 aromatic rings. The van der Waals surface area contributed by atoms with Crippen LogP contribution in [0, 0.1) is 0 Å². The fourth-order valence-corrected chi connectivity index (χ4v) is 2.92. The van der Waals surface area contributed by atoms with Crippen LogP contribution in [0.4, 0.5) is 0 Å². The summed E-state index contributed by atoms with van der Waals surface area (Å²) >= 11 is 3.48. The summed E-state index contributed by atoms with van der Waals surface area (Å²) in [5.41, 5.74) is 2.64. The van der Waals surface area contributed by atoms with E-state index >= 15 is 0 Å². The molecule has 1 aliphatic rings. The highest BCUT2D eigenvalue weighted by atomic mass is 79.9. The molecule has 1 heterocycles. The minimum atomic E-state index is -0.179. The van der Waals surface area contributed by atoms with Crippen molar-refractivity contribution in [3.63, 3.8) is 0 Å². The highest BCUT2D eigenvalue weighted by Crippen LogP contribution is 2.32. The first kappa shape index (κ1) is 13.9. The molecule has 21 heavy (non-hydrogen) atoms. The highest BCUT2D eigenvalue weighted by Gasteiger charge is 2.18. The van der Waals surface area contributed by atoms with Gasteiger partial charge in [0.05, 0.1) is 6.61 Å². The molecule has 0 atom stereocenters. The predicted octanol–water partition coefficient (Wildman–Crippen LogP) is 3.02. The number of halogens is 1. The number of benzene rings is 2. The van der Waals surface area contributed by atoms with Crippen LogP contribution in [-0.4, -0.2) is 17.6 Å². The number of carbonyl (C=O) groups is 1. The molecule has 0 aliphatic carbocycles. The van der Waals surface area contributed by atoms with Gasteiger partial charge in [-0.05, 0) is 42.0 Å². The summed E-state index contributed by atoms with van der Waals surface area (Å²) in [6, 6.07) is 10.2. The zero-order chi connectivity index (χ0) is 14.8. The van der Waals surface area contributed by atoms with E-state index in [4.69, 9.17) is 4.74 Å². The molecule has 0 fully saturated rings. The van der Waals surface area contributed by atoms with E-state index in [2.05, 4.69) is 21.2 Å². The van der Waals surface area contributed by atoms with E-state index in [1.165, 1.54) is 17.7 Å². The van der Waals surface area contributed by atoms with Gasteiger partial charge in [-0.15, -0.1) is 0 Å². The van der Waals surface area contributed by atoms with Crippen LogP contribution < -0.4 is 10.1 Å². The van der Waals surface area contributed by atoms with Crippen molar-refractivity contribution < 1.29 is 14.6 Å². The van der Waals surface area contributed by atoms with Crippen LogP contribution in [0.2, 0.25) is 0 Å². The summed E-state index contributed by atoms with van der Waals surface area (Å²) < 4.78 is 6.62. The van der Waals surface area contributed by atoms with Gasteiger partial charge in [0.25, 0.3) is 5.91 Å². The average molecular weight is 348 g/mol. The van der Waals surface area contributed by atoms with E-state index in [-0.39, 0.29) is 11.7 Å². The van der Waals surface area contributed by atoms with Gasteiger partial charge < -0.3 is 15.2 Å². The van der Waals surface area contributed by atoms with E-state index < -0.39 is 0 Å². The number of ether oxygens (including phenoxy) is 1. The molecule has 1 aliphatic heterocycles. The summed E-state index contributed by atoms with van der Waals surface area (Å²) in [5, 5.41) is 12.1. The number of hydrogen-bond acceptors (Lipinski definition) is 3. The summed E-state index contributed by atoms with van der Waals surface area (Å²) in [6.07, 6.45) is 0.897. The van der Waals surface area contributed by atoms with Crippen molar-refractivity contribution in [2.75, 3.05) is 6.61 Å². The monoisotopic (exact) mass is 347 g/mol. The molecule has 1 amide bonds. The second-order valence-corrected chi connectivity index (χ2v) is 5.80. The Bertz CT molecular complexity index is 683. The Morgan fingerprint density at radius 2 is 2.05 bits per heavy atom. The van der Waals surface area contributed by atoms with E-state index in [1.54, 1.807) is 12.1 Å². The zero-order valence-electron chi connectivity index (χ0n) is 11.2. The van der Waals surface area contributed by atoms with Gasteiger partial charge in [-0.1, -0.05) is 15.9 Å². The van der Waals surface area contributed by atoms with E-state index in [0.717, 1.165) is 22.2 Å². The standard InChI is InChI=1S/C16H14BrNO3/c17-13-7-11-5-6-21-15(11)12(8-13)9-18-16(20)10-1-3-14(19)4-2-10/h1-4,7-8,19H,5-6,9H2,(H,18,20). The summed E-state index contributed by atoms with van der Waals surface area (Å²) in [5.74, 6) is 0.843. The van der Waals surface area contributed by atoms with Crippen LogP contribution >= 0.6 is 15.9 Å². The first-order valence-corrected chi connectivity index (χ1v) is 7.44. The molecule has 3 rings (SSSR count). The van der Waals surface area contributed by atoms with Crippen LogP contribution in [0.3, 0.4) is 0 Å². The van der Waals surface area contributed by atoms with Gasteiger partial charge in [0.2, 0.25) is 0 Å². The van der Waals surface area contributed by atoms with Gasteiger partial charge in [-0.3, -0.25) is 4.79 Å². The smallest absolute Gasteiger partial charge is 0.251 e. The van der Waals surface area contributed by atoms with Gasteiger partial charge in [0.1, 0.15) is 11.5 Å². The zero-order valence-corrected chi connectivity index (χ0v) is 12.8. The minimum Gasteiger partial charge on any atom is -0.508 e. The topological polar surface area (TPSA) is 58.6 Å². The first-order valence-electron chi connectivity index (χ1n) is 6.65. The van der Waals surface area contributed by atoms with Crippen molar-refractivity contribution >= 4 is 21.8 Å². The Hall–Kier alpha value is -2.01. The predicted molar refractivity (Wildman–Crippen MR) is 82.6 cm³/mol. The van der Waals surface area contributed by atoms with Crippen molar-refractivity contribution in [2.45, 2.75) is 13.0 Å². The van der Waals surface area contributed by atoms with E-state index in [9.17, 15) is 9.90 Å². The number of amides is 1. The molecule has 0 unspecified atom stereocenters. The molecule has 5 heteroatoms. The van der Waals surface area contributed by atoms with Gasteiger partial charge in [0, 0.05) is 28.6 Å². The van der Waals surface area contributed by atoms with Gasteiger partial charge in [0.15, 0.2) is 0 Å². The third-order valence-electron chi connectivity index (χ3n) is 3.39. The highest BCUT2D eigenvalue weighted by molar-refractivity contribution is 9.10. The fraction of sp³-hybridized carbons (Fsp3) is 0.188. The number of hydrogen-bond donors (Lipinski definition) is 2. The summed E-state index contributed by atoms with van der Waals surface area (Å²) in [7, 11) is 0. The van der Waals surface area contributed by atoms with Crippen LogP contribution in [0.15, 0.2) is 40.9 Å². The van der Waals surface area contributed by atoms with Crippen molar-refractivity contribution in [1.29, 1.82) is 0 Å². The Morgan fingerprint density at radius 1 is 1.29 bits per heavy atom. The number of nitrogens with one attached hydrogen (secondary N) is 1. The molecular weight excluding hydrogens is 334 g/mol. The normalized spacial score (nSPS) is 12.6. The maximum absolute atomic E-state index is 12.1. The molecule has 0 spiro atoms. The van der Waals surface area contributed by atoms with Crippen LogP contribution in [0.25, 0.3) is 0 Å². The average Bonchev–Trinajstić information content (AvgIpc) is 2.93. The molecule has 0 saturated heterocycles. The second-order valence-electron chi connectivity index (χ2n) is 4.88. The lowest BCUT2D eigenvalue weighted by molar-refractivity contribution is 0.0950. The molecule has 2 N–H and O–H groups in total. The van der Waals surface area contributed by atoms with E-state index in [0.29, 0.717) is 18.7 Å². The molecule has 4 nitrogen and oxygen atoms in total. The number of fused-ring (bicyclic) bond motifs is 1. The van der Waals surface area contributed by atoms with Crippen molar-refractivity contribution in [3.8, 4) is 11.5 Å². The molecule has 108 valence electrons. The summed E-state index contributed by atoms with van der Waals surface area (Å²) in [4.78, 5) is 12.1. The van der Waals surface area contributed by atoms with Gasteiger partial charge >= 0.3 is 0 Å². The molecule has 0 bridgehead atoms. The molecule has 0 radical (unpaired) electrons. The fourth-order valence-electron chi connectivity index (χ4n) is 2.37. The van der Waals surface area contributed by atoms with E-state index in [1.807, 2.05) is 12.1 Å². The maximum atomic E-state index is 12.1. The SMILES string of the molecule is O=C(NCc1cc(Br)cc2c1OCC2)c1ccc(O)cc1. The van der Waals surface area contributed by atoms with Gasteiger partial charge in [-0.25, -0.2) is 0 Å². The quantitative estimate of drug-likeness (QED) is 0.897. The molecule has 2 aromatic carbocycles. The number of carbonyl (C=O) groups excluding carboxylic acids is 1. The van der Waals surface area contributed by atoms with Crippen molar-refractivity contribution in [2.24, 2.45) is 0 Å². The third kappa shape index (κ3) is 3.03. The largest absolute Gasteiger partial charge is 0.508 e. The number of rotatable bonds is 3. The van der Waals surface area contributed by atoms with Crippen molar-refractivity contribution in [1.82, 2.24) is 5.32 Å². The lowest BCUT2D eigenvalue weighted by Crippen LogP contribution is -2.22. The lowest BCUT2D eigenvalue weighted by atomic mass is 10.1. The van der Waals surface area contributed by atoms with Crippen molar-refractivity contribution in [3.05, 3.63) is 57.6 Å². The van der Waals surface area contributed by atoms with Crippen LogP contribution in [0.5, 0.6) is 11.5 Å². The Balaban J connectivity index is 1.73. The van der Waals surface area contributed by atoms with Gasteiger partial charge in [-0.2, -0.15) is 0 Å². The van der Waals surface area contributed by atoms with Crippen LogP contribution in [0.1, 0.15) is 21.5 Å². The minimum absolute atomic E-state index is 0.143. The molecular formula is C16H14BrNO3. The number of phenolic OH excluding ortho intramolecular Hbond substituents is 1. The Morgan fingerprint density at radius 3 is 2.81 bits per heavy atom. The third-order valence-corrected chi connectivity index (χ3v) is 3.85. The first-order chi connectivity index (χ1) is 10.1. The molecule has 0 aromatic heterocycles. The number of aromatic hydroxyl groups is 1. The molecule has 0 saturated carbocycles. The van der Waals surface area contributed by atoms with Crippen LogP contribution in [-0.2, 0) is 13.0 Å². The maximum Gasteiger partial charge on any atom is 0.251 e. The number of phenols is 1. The lowest BCUT2D eigenvalue weighted by Gasteiger charge is -2.10. The Kier molecular flexibility index (Phi) is 3.84. The Labute approximate surface area is 130 Å². The summed E-state index contributed by atoms with van der Waals surface area (Å²) in [6.45, 7) is 1.09. The second kappa shape index (κ2) is 5.77.